The molecule has 5 heteroatoms. The number of ether oxygens (including phenoxy) is 1. The van der Waals surface area contributed by atoms with Crippen molar-refractivity contribution in [2.45, 2.75) is 18.7 Å². The summed E-state index contributed by atoms with van der Waals surface area (Å²) in [6.45, 7) is 1.90. The van der Waals surface area contributed by atoms with E-state index in [-0.39, 0.29) is 5.69 Å². The molecule has 76 valence electrons. The van der Waals surface area contributed by atoms with Crippen molar-refractivity contribution in [2.75, 3.05) is 6.61 Å². The summed E-state index contributed by atoms with van der Waals surface area (Å²) in [5.74, 6) is 0. The van der Waals surface area contributed by atoms with E-state index < -0.39 is 17.3 Å². The van der Waals surface area contributed by atoms with Gasteiger partial charge in [0, 0.05) is 6.20 Å². The number of rotatable bonds is 1. The molecule has 1 fully saturated rings. The Balaban J connectivity index is 2.50. The maximum atomic E-state index is 12.5. The number of hydrogen-bond donors (Lipinski definition) is 0. The molecule has 1 saturated heterocycles. The highest BCUT2D eigenvalue weighted by molar-refractivity contribution is 5.30. The molecule has 0 bridgehead atoms. The van der Waals surface area contributed by atoms with Gasteiger partial charge in [-0.1, -0.05) is 0 Å². The van der Waals surface area contributed by atoms with Crippen LogP contribution in [-0.2, 0) is 16.5 Å². The van der Waals surface area contributed by atoms with Crippen molar-refractivity contribution in [1.82, 2.24) is 4.98 Å². The fraction of sp³-hybridized carbons (Fsp3) is 0.444. The van der Waals surface area contributed by atoms with Gasteiger partial charge in [-0.2, -0.15) is 13.2 Å². The number of aromatic nitrogens is 1. The lowest BCUT2D eigenvalue weighted by Crippen LogP contribution is -2.16. The lowest BCUT2D eigenvalue weighted by atomic mass is 10.0. The van der Waals surface area contributed by atoms with E-state index in [4.69, 9.17) is 4.74 Å². The number of nitrogens with zero attached hydrogens (tertiary/aromatic N) is 1. The smallest absolute Gasteiger partial charge is 0.363 e. The van der Waals surface area contributed by atoms with Gasteiger partial charge in [0.05, 0.1) is 17.9 Å². The van der Waals surface area contributed by atoms with E-state index in [2.05, 4.69) is 4.98 Å². The summed E-state index contributed by atoms with van der Waals surface area (Å²) in [5.41, 5.74) is -1.57. The summed E-state index contributed by atoms with van der Waals surface area (Å²) < 4.78 is 42.5. The van der Waals surface area contributed by atoms with Gasteiger partial charge in [0.15, 0.2) is 0 Å². The molecule has 1 aromatic heterocycles. The van der Waals surface area contributed by atoms with E-state index in [1.807, 2.05) is 0 Å². The molecule has 1 unspecified atom stereocenters. The topological polar surface area (TPSA) is 25.4 Å². The molecule has 0 radical (unpaired) electrons. The van der Waals surface area contributed by atoms with Crippen LogP contribution in [0.2, 0.25) is 0 Å². The van der Waals surface area contributed by atoms with Crippen molar-refractivity contribution in [2.24, 2.45) is 0 Å². The molecule has 0 aromatic carbocycles. The maximum absolute atomic E-state index is 12.5. The van der Waals surface area contributed by atoms with Crippen LogP contribution in [0, 0.1) is 0 Å². The van der Waals surface area contributed by atoms with Crippen molar-refractivity contribution < 1.29 is 17.9 Å². The van der Waals surface area contributed by atoms with Crippen LogP contribution in [0.1, 0.15) is 18.2 Å². The average molecular weight is 203 g/mol. The summed E-state index contributed by atoms with van der Waals surface area (Å²) in [4.78, 5) is 3.73. The lowest BCUT2D eigenvalue weighted by molar-refractivity contribution is -0.139. The fourth-order valence-electron chi connectivity index (χ4n) is 1.30. The van der Waals surface area contributed by atoms with Gasteiger partial charge in [0.25, 0.3) is 0 Å². The first-order valence-electron chi connectivity index (χ1n) is 4.10. The van der Waals surface area contributed by atoms with Gasteiger partial charge in [-0.05, 0) is 19.1 Å². The predicted molar refractivity (Wildman–Crippen MR) is 42.5 cm³/mol. The molecular weight excluding hydrogens is 195 g/mol. The monoisotopic (exact) mass is 203 g/mol. The molecule has 1 aromatic rings. The van der Waals surface area contributed by atoms with Crippen LogP contribution in [0.4, 0.5) is 13.2 Å². The highest BCUT2D eigenvalue weighted by Crippen LogP contribution is 2.43. The van der Waals surface area contributed by atoms with Crippen LogP contribution in [0.25, 0.3) is 0 Å². The Morgan fingerprint density at radius 2 is 2.14 bits per heavy atom. The fourth-order valence-corrected chi connectivity index (χ4v) is 1.30. The second-order valence-corrected chi connectivity index (χ2v) is 3.42. The van der Waals surface area contributed by atoms with Crippen molar-refractivity contribution >= 4 is 0 Å². The molecule has 2 nitrogen and oxygen atoms in total. The zero-order valence-electron chi connectivity index (χ0n) is 7.43. The maximum Gasteiger partial charge on any atom is 0.418 e. The number of epoxide rings is 1. The third kappa shape index (κ3) is 1.48. The van der Waals surface area contributed by atoms with Gasteiger partial charge in [-0.25, -0.2) is 0 Å². The van der Waals surface area contributed by atoms with Crippen LogP contribution in [0.15, 0.2) is 18.3 Å². The van der Waals surface area contributed by atoms with Crippen LogP contribution in [0.5, 0.6) is 0 Å². The quantitative estimate of drug-likeness (QED) is 0.654. The zero-order chi connectivity index (χ0) is 10.4. The molecule has 0 spiro atoms. The van der Waals surface area contributed by atoms with Crippen molar-refractivity contribution in [1.29, 1.82) is 0 Å². The SMILES string of the molecule is CC1(c2ncccc2C(F)(F)F)CO1. The minimum atomic E-state index is -4.36. The highest BCUT2D eigenvalue weighted by Gasteiger charge is 2.48. The molecule has 1 aliphatic rings. The van der Waals surface area contributed by atoms with Crippen molar-refractivity contribution in [3.05, 3.63) is 29.6 Å². The molecular formula is C9H8F3NO. The Bertz CT molecular complexity index is 333. The Hall–Kier alpha value is -1.10. The molecule has 14 heavy (non-hydrogen) atoms. The second-order valence-electron chi connectivity index (χ2n) is 3.42. The second kappa shape index (κ2) is 2.70. The summed E-state index contributed by atoms with van der Waals surface area (Å²) in [6.07, 6.45) is -3.02. The number of pyridine rings is 1. The van der Waals surface area contributed by atoms with E-state index in [1.165, 1.54) is 12.3 Å². The molecule has 2 heterocycles. The normalized spacial score (nSPS) is 26.3. The summed E-state index contributed by atoms with van der Waals surface area (Å²) in [6, 6.07) is 2.30. The number of hydrogen-bond acceptors (Lipinski definition) is 2. The number of halogens is 3. The van der Waals surface area contributed by atoms with Gasteiger partial charge in [-0.15, -0.1) is 0 Å². The third-order valence-corrected chi connectivity index (χ3v) is 2.19. The molecule has 0 N–H and O–H groups in total. The van der Waals surface area contributed by atoms with Crippen LogP contribution in [-0.4, -0.2) is 11.6 Å². The van der Waals surface area contributed by atoms with Gasteiger partial charge in [0.1, 0.15) is 5.60 Å². The Labute approximate surface area is 78.7 Å². The average Bonchev–Trinajstić information content (AvgIpc) is 2.84. The van der Waals surface area contributed by atoms with Gasteiger partial charge in [0.2, 0.25) is 0 Å². The Morgan fingerprint density at radius 3 is 2.64 bits per heavy atom. The minimum Gasteiger partial charge on any atom is -0.363 e. The van der Waals surface area contributed by atoms with E-state index in [1.54, 1.807) is 6.92 Å². The third-order valence-electron chi connectivity index (χ3n) is 2.19. The van der Waals surface area contributed by atoms with Crippen LogP contribution >= 0.6 is 0 Å². The first kappa shape index (κ1) is 9.45. The zero-order valence-corrected chi connectivity index (χ0v) is 7.43. The Morgan fingerprint density at radius 1 is 1.50 bits per heavy atom. The van der Waals surface area contributed by atoms with Crippen molar-refractivity contribution in [3.8, 4) is 0 Å². The summed E-state index contributed by atoms with van der Waals surface area (Å²) >= 11 is 0. The molecule has 2 rings (SSSR count). The largest absolute Gasteiger partial charge is 0.418 e. The predicted octanol–water partition coefficient (Wildman–Crippen LogP) is 2.35. The molecule has 0 amide bonds. The first-order valence-corrected chi connectivity index (χ1v) is 4.10. The Kier molecular flexibility index (Phi) is 1.82. The molecule has 1 aliphatic heterocycles. The molecule has 0 saturated carbocycles. The molecule has 0 aliphatic carbocycles. The van der Waals surface area contributed by atoms with Crippen LogP contribution in [0.3, 0.4) is 0 Å². The minimum absolute atomic E-state index is 0.0208. The van der Waals surface area contributed by atoms with E-state index in [9.17, 15) is 13.2 Å². The van der Waals surface area contributed by atoms with Gasteiger partial charge < -0.3 is 4.74 Å². The van der Waals surface area contributed by atoms with Crippen LogP contribution < -0.4 is 0 Å². The highest BCUT2D eigenvalue weighted by atomic mass is 19.4. The van der Waals surface area contributed by atoms with E-state index in [0.29, 0.717) is 6.61 Å². The summed E-state index contributed by atoms with van der Waals surface area (Å²) in [7, 11) is 0. The lowest BCUT2D eigenvalue weighted by Gasteiger charge is -2.13. The summed E-state index contributed by atoms with van der Waals surface area (Å²) in [5, 5.41) is 0. The number of alkyl halides is 3. The van der Waals surface area contributed by atoms with Gasteiger partial charge >= 0.3 is 6.18 Å². The van der Waals surface area contributed by atoms with E-state index >= 15 is 0 Å². The molecule has 1 atom stereocenters. The standard InChI is InChI=1S/C9H8F3NO/c1-8(5-14-8)7-6(9(10,11)12)3-2-4-13-7/h2-4H,5H2,1H3. The van der Waals surface area contributed by atoms with E-state index in [0.717, 1.165) is 6.07 Å². The first-order chi connectivity index (χ1) is 6.43. The van der Waals surface area contributed by atoms with Crippen molar-refractivity contribution in [3.63, 3.8) is 0 Å². The van der Waals surface area contributed by atoms with Gasteiger partial charge in [-0.3, -0.25) is 4.98 Å².